The summed E-state index contributed by atoms with van der Waals surface area (Å²) >= 11 is 12.0. The van der Waals surface area contributed by atoms with E-state index in [4.69, 9.17) is 27.9 Å². The van der Waals surface area contributed by atoms with Gasteiger partial charge in [-0.3, -0.25) is 14.3 Å². The van der Waals surface area contributed by atoms with Crippen molar-refractivity contribution in [3.63, 3.8) is 0 Å². The molecule has 4 rings (SSSR count). The third-order valence-electron chi connectivity index (χ3n) is 4.86. The van der Waals surface area contributed by atoms with Crippen LogP contribution in [0.15, 0.2) is 54.6 Å². The van der Waals surface area contributed by atoms with Gasteiger partial charge in [0.2, 0.25) is 0 Å². The largest absolute Gasteiger partial charge is 0.492 e. The fraction of sp³-hybridized carbons (Fsp3) is 0.227. The Balaban J connectivity index is 1.34. The Hall–Kier alpha value is -3.03. The van der Waals surface area contributed by atoms with E-state index >= 15 is 0 Å². The molecular weight excluding hydrogens is 439 g/mol. The van der Waals surface area contributed by atoms with Crippen LogP contribution < -0.4 is 10.1 Å². The normalized spacial score (nSPS) is 13.1. The molecular formula is C22H20Cl2N4O3. The molecule has 0 atom stereocenters. The SMILES string of the molecule is O=C(NCCOc1ccccc1)c1cc2n(n1)CCN(Cc1ccc(Cl)c(Cl)c1)C2=O. The van der Waals surface area contributed by atoms with Crippen LogP contribution in [-0.2, 0) is 13.1 Å². The van der Waals surface area contributed by atoms with Crippen LogP contribution in [0.25, 0.3) is 0 Å². The van der Waals surface area contributed by atoms with Crippen molar-refractivity contribution in [3.05, 3.63) is 81.6 Å². The number of para-hydroxylation sites is 1. The van der Waals surface area contributed by atoms with E-state index in [1.54, 1.807) is 21.7 Å². The van der Waals surface area contributed by atoms with Gasteiger partial charge < -0.3 is 15.0 Å². The lowest BCUT2D eigenvalue weighted by atomic mass is 10.2. The zero-order valence-corrected chi connectivity index (χ0v) is 18.1. The number of nitrogens with zero attached hydrogens (tertiary/aromatic N) is 3. The number of halogens is 2. The average Bonchev–Trinajstić information content (AvgIpc) is 3.22. The summed E-state index contributed by atoms with van der Waals surface area (Å²) in [6.07, 6.45) is 0. The molecule has 0 saturated heterocycles. The summed E-state index contributed by atoms with van der Waals surface area (Å²) in [5.41, 5.74) is 1.48. The van der Waals surface area contributed by atoms with Gasteiger partial charge in [-0.1, -0.05) is 47.5 Å². The Morgan fingerprint density at radius 2 is 1.87 bits per heavy atom. The Kier molecular flexibility index (Phi) is 6.44. The molecule has 1 N–H and O–H groups in total. The van der Waals surface area contributed by atoms with Crippen molar-refractivity contribution in [2.75, 3.05) is 19.7 Å². The van der Waals surface area contributed by atoms with E-state index in [2.05, 4.69) is 10.4 Å². The molecule has 7 nitrogen and oxygen atoms in total. The van der Waals surface area contributed by atoms with Crippen molar-refractivity contribution in [1.29, 1.82) is 0 Å². The monoisotopic (exact) mass is 458 g/mol. The maximum Gasteiger partial charge on any atom is 0.272 e. The van der Waals surface area contributed by atoms with Crippen molar-refractivity contribution < 1.29 is 14.3 Å². The number of carbonyl (C=O) groups excluding carboxylic acids is 2. The van der Waals surface area contributed by atoms with Crippen molar-refractivity contribution in [1.82, 2.24) is 20.0 Å². The molecule has 1 aromatic heterocycles. The molecule has 2 heterocycles. The number of fused-ring (bicyclic) bond motifs is 1. The number of aromatic nitrogens is 2. The highest BCUT2D eigenvalue weighted by Gasteiger charge is 2.28. The summed E-state index contributed by atoms with van der Waals surface area (Å²) in [5.74, 6) is 0.209. The second-order valence-corrected chi connectivity index (χ2v) is 7.84. The van der Waals surface area contributed by atoms with E-state index in [0.29, 0.717) is 48.5 Å². The number of hydrogen-bond donors (Lipinski definition) is 1. The van der Waals surface area contributed by atoms with Gasteiger partial charge in [-0.05, 0) is 29.8 Å². The second-order valence-electron chi connectivity index (χ2n) is 7.03. The molecule has 0 radical (unpaired) electrons. The Morgan fingerprint density at radius 1 is 1.06 bits per heavy atom. The molecule has 0 fully saturated rings. The third-order valence-corrected chi connectivity index (χ3v) is 5.60. The molecule has 9 heteroatoms. The van der Waals surface area contributed by atoms with Crippen LogP contribution in [0.3, 0.4) is 0 Å². The van der Waals surface area contributed by atoms with Gasteiger partial charge >= 0.3 is 0 Å². The van der Waals surface area contributed by atoms with Gasteiger partial charge in [-0.2, -0.15) is 5.10 Å². The molecule has 0 unspecified atom stereocenters. The third kappa shape index (κ3) is 5.00. The predicted octanol–water partition coefficient (Wildman–Crippen LogP) is 3.65. The number of rotatable bonds is 7. The summed E-state index contributed by atoms with van der Waals surface area (Å²) in [4.78, 5) is 27.0. The van der Waals surface area contributed by atoms with Gasteiger partial charge in [-0.25, -0.2) is 0 Å². The highest BCUT2D eigenvalue weighted by Crippen LogP contribution is 2.24. The standard InChI is InChI=1S/C22H20Cl2N4O3/c23-17-7-6-15(12-18(17)24)14-27-9-10-28-20(22(27)30)13-19(26-28)21(29)25-8-11-31-16-4-2-1-3-5-16/h1-7,12-13H,8-11,14H2,(H,25,29). The lowest BCUT2D eigenvalue weighted by Crippen LogP contribution is -2.39. The minimum absolute atomic E-state index is 0.184. The van der Waals surface area contributed by atoms with Crippen LogP contribution in [0.1, 0.15) is 26.5 Å². The number of nitrogens with one attached hydrogen (secondary N) is 1. The van der Waals surface area contributed by atoms with Crippen molar-refractivity contribution in [3.8, 4) is 5.75 Å². The zero-order valence-electron chi connectivity index (χ0n) is 16.6. The minimum atomic E-state index is -0.345. The van der Waals surface area contributed by atoms with E-state index in [-0.39, 0.29) is 17.5 Å². The first-order valence-electron chi connectivity index (χ1n) is 9.78. The van der Waals surface area contributed by atoms with Crippen LogP contribution in [0.5, 0.6) is 5.75 Å². The summed E-state index contributed by atoms with van der Waals surface area (Å²) < 4.78 is 7.13. The molecule has 0 saturated carbocycles. The van der Waals surface area contributed by atoms with Crippen LogP contribution in [-0.4, -0.2) is 46.2 Å². The van der Waals surface area contributed by atoms with Gasteiger partial charge in [0.25, 0.3) is 11.8 Å². The maximum atomic E-state index is 12.9. The summed E-state index contributed by atoms with van der Waals surface area (Å²) in [5, 5.41) is 7.97. The number of hydrogen-bond acceptors (Lipinski definition) is 4. The molecule has 0 aliphatic carbocycles. The number of ether oxygens (including phenoxy) is 1. The summed E-state index contributed by atoms with van der Waals surface area (Å²) in [6.45, 7) is 2.05. The number of carbonyl (C=O) groups is 2. The molecule has 0 bridgehead atoms. The van der Waals surface area contributed by atoms with Crippen molar-refractivity contribution in [2.24, 2.45) is 0 Å². The molecule has 1 aliphatic heterocycles. The summed E-state index contributed by atoms with van der Waals surface area (Å²) in [7, 11) is 0. The van der Waals surface area contributed by atoms with Crippen LogP contribution >= 0.6 is 23.2 Å². The van der Waals surface area contributed by atoms with Gasteiger partial charge in [0, 0.05) is 19.2 Å². The first-order valence-corrected chi connectivity index (χ1v) is 10.5. The molecule has 2 amide bonds. The van der Waals surface area contributed by atoms with E-state index < -0.39 is 0 Å². The number of amides is 2. The van der Waals surface area contributed by atoms with E-state index in [1.807, 2.05) is 36.4 Å². The Labute approximate surface area is 189 Å². The number of benzene rings is 2. The second kappa shape index (κ2) is 9.41. The van der Waals surface area contributed by atoms with E-state index in [0.717, 1.165) is 11.3 Å². The molecule has 1 aliphatic rings. The zero-order chi connectivity index (χ0) is 21.8. The first-order chi connectivity index (χ1) is 15.0. The van der Waals surface area contributed by atoms with Crippen LogP contribution in [0, 0.1) is 0 Å². The smallest absolute Gasteiger partial charge is 0.272 e. The van der Waals surface area contributed by atoms with Crippen LogP contribution in [0.2, 0.25) is 10.0 Å². The Bertz CT molecular complexity index is 1100. The van der Waals surface area contributed by atoms with E-state index in [1.165, 1.54) is 6.07 Å². The fourth-order valence-corrected chi connectivity index (χ4v) is 3.62. The fourth-order valence-electron chi connectivity index (χ4n) is 3.30. The summed E-state index contributed by atoms with van der Waals surface area (Å²) in [6, 6.07) is 16.2. The molecule has 2 aromatic carbocycles. The lowest BCUT2D eigenvalue weighted by molar-refractivity contribution is 0.0683. The van der Waals surface area contributed by atoms with Crippen molar-refractivity contribution in [2.45, 2.75) is 13.1 Å². The Morgan fingerprint density at radius 3 is 2.65 bits per heavy atom. The van der Waals surface area contributed by atoms with Gasteiger partial charge in [0.15, 0.2) is 5.69 Å². The maximum absolute atomic E-state index is 12.9. The quantitative estimate of drug-likeness (QED) is 0.548. The lowest BCUT2D eigenvalue weighted by Gasteiger charge is -2.27. The van der Waals surface area contributed by atoms with E-state index in [9.17, 15) is 9.59 Å². The molecule has 160 valence electrons. The molecule has 3 aromatic rings. The van der Waals surface area contributed by atoms with Crippen molar-refractivity contribution >= 4 is 35.0 Å². The highest BCUT2D eigenvalue weighted by atomic mass is 35.5. The minimum Gasteiger partial charge on any atom is -0.492 e. The predicted molar refractivity (Wildman–Crippen MR) is 118 cm³/mol. The average molecular weight is 459 g/mol. The topological polar surface area (TPSA) is 76.5 Å². The van der Waals surface area contributed by atoms with Crippen LogP contribution in [0.4, 0.5) is 0 Å². The van der Waals surface area contributed by atoms with Gasteiger partial charge in [0.1, 0.15) is 18.1 Å². The van der Waals surface area contributed by atoms with Gasteiger partial charge in [0.05, 0.1) is 23.1 Å². The highest BCUT2D eigenvalue weighted by molar-refractivity contribution is 6.42. The molecule has 31 heavy (non-hydrogen) atoms. The molecule has 0 spiro atoms. The first kappa shape index (κ1) is 21.2. The van der Waals surface area contributed by atoms with Gasteiger partial charge in [-0.15, -0.1) is 0 Å².